The lowest BCUT2D eigenvalue weighted by Gasteiger charge is -2.22. The van der Waals surface area contributed by atoms with Gasteiger partial charge in [-0.15, -0.1) is 0 Å². The number of nitro benzene ring substituents is 1. The summed E-state index contributed by atoms with van der Waals surface area (Å²) in [5.74, 6) is 0. The zero-order chi connectivity index (χ0) is 15.8. The third kappa shape index (κ3) is 3.10. The lowest BCUT2D eigenvalue weighted by molar-refractivity contribution is -0.387. The first-order chi connectivity index (χ1) is 9.69. The van der Waals surface area contributed by atoms with Gasteiger partial charge in [0.25, 0.3) is 5.69 Å². The van der Waals surface area contributed by atoms with Crippen LogP contribution in [0.15, 0.2) is 27.6 Å². The molecule has 9 heteroatoms. The van der Waals surface area contributed by atoms with Crippen LogP contribution < -0.4 is 5.73 Å². The number of nitro groups is 1. The molecule has 1 aromatic rings. The smallest absolute Gasteiger partial charge is 0.290 e. The van der Waals surface area contributed by atoms with Crippen LogP contribution in [-0.2, 0) is 10.0 Å². The fourth-order valence-electron chi connectivity index (χ4n) is 2.34. The molecule has 0 aliphatic carbocycles. The Balaban J connectivity index is 2.44. The van der Waals surface area contributed by atoms with Crippen LogP contribution in [0, 0.1) is 15.5 Å². The summed E-state index contributed by atoms with van der Waals surface area (Å²) in [6, 6.07) is 3.94. The number of benzene rings is 1. The fraction of sp³-hybridized carbons (Fsp3) is 0.500. The van der Waals surface area contributed by atoms with E-state index >= 15 is 0 Å². The highest BCUT2D eigenvalue weighted by molar-refractivity contribution is 9.10. The lowest BCUT2D eigenvalue weighted by atomic mass is 9.90. The highest BCUT2D eigenvalue weighted by atomic mass is 79.9. The van der Waals surface area contributed by atoms with E-state index in [0.717, 1.165) is 0 Å². The molecule has 0 amide bonds. The number of rotatable bonds is 4. The van der Waals surface area contributed by atoms with Gasteiger partial charge in [-0.2, -0.15) is 4.31 Å². The van der Waals surface area contributed by atoms with Gasteiger partial charge < -0.3 is 5.73 Å². The highest BCUT2D eigenvalue weighted by Gasteiger charge is 2.41. The maximum absolute atomic E-state index is 12.6. The zero-order valence-corrected chi connectivity index (χ0v) is 13.9. The molecule has 2 N–H and O–H groups in total. The zero-order valence-electron chi connectivity index (χ0n) is 11.5. The van der Waals surface area contributed by atoms with Crippen molar-refractivity contribution < 1.29 is 13.3 Å². The summed E-state index contributed by atoms with van der Waals surface area (Å²) in [4.78, 5) is 10.1. The highest BCUT2D eigenvalue weighted by Crippen LogP contribution is 2.35. The summed E-state index contributed by atoms with van der Waals surface area (Å²) >= 11 is 3.11. The number of nitrogens with two attached hydrogens (primary N) is 1. The Morgan fingerprint density at radius 3 is 2.71 bits per heavy atom. The van der Waals surface area contributed by atoms with Crippen molar-refractivity contribution in [3.63, 3.8) is 0 Å². The van der Waals surface area contributed by atoms with Gasteiger partial charge in [0.2, 0.25) is 10.0 Å². The van der Waals surface area contributed by atoms with Gasteiger partial charge in [0.1, 0.15) is 0 Å². The van der Waals surface area contributed by atoms with Crippen molar-refractivity contribution in [2.75, 3.05) is 19.6 Å². The second kappa shape index (κ2) is 5.64. The predicted molar refractivity (Wildman–Crippen MR) is 81.3 cm³/mol. The van der Waals surface area contributed by atoms with Crippen molar-refractivity contribution in [2.45, 2.75) is 18.2 Å². The molecule has 1 aliphatic heterocycles. The van der Waals surface area contributed by atoms with Crippen LogP contribution in [0.2, 0.25) is 0 Å². The SMILES string of the molecule is CC1(CN)CCN(S(=O)(=O)c2ccc(Br)cc2[N+](=O)[O-])C1. The van der Waals surface area contributed by atoms with E-state index in [1.54, 1.807) is 0 Å². The largest absolute Gasteiger partial charge is 0.330 e. The summed E-state index contributed by atoms with van der Waals surface area (Å²) in [6.07, 6.45) is 0.646. The lowest BCUT2D eigenvalue weighted by Crippen LogP contribution is -2.34. The molecule has 2 rings (SSSR count). The summed E-state index contributed by atoms with van der Waals surface area (Å²) in [6.45, 7) is 2.89. The number of halogens is 1. The Morgan fingerprint density at radius 2 is 2.19 bits per heavy atom. The van der Waals surface area contributed by atoms with Crippen molar-refractivity contribution >= 4 is 31.6 Å². The van der Waals surface area contributed by atoms with E-state index in [1.807, 2.05) is 6.92 Å². The number of hydrogen-bond donors (Lipinski definition) is 1. The Morgan fingerprint density at radius 1 is 1.52 bits per heavy atom. The van der Waals surface area contributed by atoms with Gasteiger partial charge in [-0.25, -0.2) is 8.42 Å². The van der Waals surface area contributed by atoms with E-state index in [1.165, 1.54) is 22.5 Å². The molecule has 0 spiro atoms. The van der Waals surface area contributed by atoms with Gasteiger partial charge in [-0.1, -0.05) is 22.9 Å². The first-order valence-corrected chi connectivity index (χ1v) is 8.57. The van der Waals surface area contributed by atoms with E-state index < -0.39 is 20.6 Å². The van der Waals surface area contributed by atoms with Crippen LogP contribution in [0.1, 0.15) is 13.3 Å². The molecule has 116 valence electrons. The van der Waals surface area contributed by atoms with Crippen LogP contribution in [-0.4, -0.2) is 37.3 Å². The molecule has 21 heavy (non-hydrogen) atoms. The minimum Gasteiger partial charge on any atom is -0.330 e. The number of sulfonamides is 1. The van der Waals surface area contributed by atoms with Gasteiger partial charge in [0.05, 0.1) is 4.92 Å². The van der Waals surface area contributed by atoms with Gasteiger partial charge in [-0.3, -0.25) is 10.1 Å². The fourth-order valence-corrected chi connectivity index (χ4v) is 4.42. The molecule has 1 aliphatic rings. The molecule has 1 aromatic carbocycles. The Bertz CT molecular complexity index is 679. The maximum atomic E-state index is 12.6. The molecule has 1 heterocycles. The molecule has 1 unspecified atom stereocenters. The van der Waals surface area contributed by atoms with Gasteiger partial charge in [-0.05, 0) is 30.5 Å². The van der Waals surface area contributed by atoms with Crippen LogP contribution >= 0.6 is 15.9 Å². The first-order valence-electron chi connectivity index (χ1n) is 6.34. The standard InChI is InChI=1S/C12H16BrN3O4S/c1-12(7-14)4-5-15(8-12)21(19,20)11-3-2-9(13)6-10(11)16(17)18/h2-3,6H,4-5,7-8,14H2,1H3. The van der Waals surface area contributed by atoms with E-state index in [-0.39, 0.29) is 16.9 Å². The Labute approximate surface area is 131 Å². The third-order valence-electron chi connectivity index (χ3n) is 3.75. The average molecular weight is 378 g/mol. The summed E-state index contributed by atoms with van der Waals surface area (Å²) in [7, 11) is -3.90. The number of nitrogens with zero attached hydrogens (tertiary/aromatic N) is 2. The molecule has 0 saturated carbocycles. The van der Waals surface area contributed by atoms with Crippen molar-refractivity contribution in [3.05, 3.63) is 32.8 Å². The van der Waals surface area contributed by atoms with Gasteiger partial charge >= 0.3 is 0 Å². The second-order valence-electron chi connectivity index (χ2n) is 5.47. The topological polar surface area (TPSA) is 107 Å². The van der Waals surface area contributed by atoms with Crippen LogP contribution in [0.4, 0.5) is 5.69 Å². The van der Waals surface area contributed by atoms with E-state index in [2.05, 4.69) is 15.9 Å². The number of hydrogen-bond acceptors (Lipinski definition) is 5. The van der Waals surface area contributed by atoms with Crippen LogP contribution in [0.3, 0.4) is 0 Å². The quantitative estimate of drug-likeness (QED) is 0.634. The molecule has 0 aromatic heterocycles. The molecule has 1 atom stereocenters. The van der Waals surface area contributed by atoms with Gasteiger partial charge in [0, 0.05) is 23.6 Å². The maximum Gasteiger partial charge on any atom is 0.290 e. The van der Waals surface area contributed by atoms with Crippen molar-refractivity contribution in [1.82, 2.24) is 4.31 Å². The predicted octanol–water partition coefficient (Wildman–Crippen LogP) is 1.72. The minimum absolute atomic E-state index is 0.277. The van der Waals surface area contributed by atoms with E-state index in [0.29, 0.717) is 24.0 Å². The summed E-state index contributed by atoms with van der Waals surface area (Å²) in [5, 5.41) is 11.1. The summed E-state index contributed by atoms with van der Waals surface area (Å²) < 4.78 is 27.0. The van der Waals surface area contributed by atoms with Crippen LogP contribution in [0.25, 0.3) is 0 Å². The van der Waals surface area contributed by atoms with E-state index in [4.69, 9.17) is 5.73 Å². The molecular formula is C12H16BrN3O4S. The molecule has 1 saturated heterocycles. The monoisotopic (exact) mass is 377 g/mol. The Hall–Kier alpha value is -1.03. The van der Waals surface area contributed by atoms with Crippen LogP contribution in [0.5, 0.6) is 0 Å². The average Bonchev–Trinajstić information content (AvgIpc) is 2.82. The molecule has 1 fully saturated rings. The van der Waals surface area contributed by atoms with Gasteiger partial charge in [0.15, 0.2) is 4.90 Å². The first kappa shape index (κ1) is 16.3. The molecule has 0 bridgehead atoms. The normalized spacial score (nSPS) is 23.4. The third-order valence-corrected chi connectivity index (χ3v) is 6.14. The molecule has 0 radical (unpaired) electrons. The van der Waals surface area contributed by atoms with Crippen molar-refractivity contribution in [1.29, 1.82) is 0 Å². The Kier molecular flexibility index (Phi) is 4.39. The summed E-state index contributed by atoms with van der Waals surface area (Å²) in [5.41, 5.74) is 4.97. The molecular weight excluding hydrogens is 362 g/mol. The molecule has 7 nitrogen and oxygen atoms in total. The second-order valence-corrected chi connectivity index (χ2v) is 8.29. The van der Waals surface area contributed by atoms with Crippen molar-refractivity contribution in [2.24, 2.45) is 11.1 Å². The van der Waals surface area contributed by atoms with E-state index in [9.17, 15) is 18.5 Å². The van der Waals surface area contributed by atoms with Crippen molar-refractivity contribution in [3.8, 4) is 0 Å². The minimum atomic E-state index is -3.90.